The summed E-state index contributed by atoms with van der Waals surface area (Å²) in [6.07, 6.45) is 0. The first-order valence-corrected chi connectivity index (χ1v) is 8.15. The van der Waals surface area contributed by atoms with E-state index in [1.165, 1.54) is 18.2 Å². The van der Waals surface area contributed by atoms with Crippen LogP contribution >= 0.6 is 11.6 Å². The van der Waals surface area contributed by atoms with Crippen molar-refractivity contribution < 1.29 is 22.0 Å². The first kappa shape index (κ1) is 17.3. The summed E-state index contributed by atoms with van der Waals surface area (Å²) in [6.45, 7) is -0.635. The Kier molecular flexibility index (Phi) is 5.30. The van der Waals surface area contributed by atoms with Crippen LogP contribution in [0.15, 0.2) is 47.4 Å². The molecule has 0 aliphatic heterocycles. The van der Waals surface area contributed by atoms with Crippen molar-refractivity contribution in [3.63, 3.8) is 0 Å². The van der Waals surface area contributed by atoms with E-state index in [2.05, 4.69) is 5.32 Å². The Balaban J connectivity index is 2.03. The van der Waals surface area contributed by atoms with Crippen molar-refractivity contribution in [3.8, 4) is 0 Å². The predicted molar refractivity (Wildman–Crippen MR) is 81.6 cm³/mol. The van der Waals surface area contributed by atoms with Crippen LogP contribution in [0.2, 0.25) is 5.02 Å². The number of anilines is 1. The van der Waals surface area contributed by atoms with Gasteiger partial charge in [-0.15, -0.1) is 0 Å². The standard InChI is InChI=1S/C14H11ClF2N2O3S/c15-10-3-1-2-4-13(10)23(21,22)18-8-14(20)19-12-6-5-9(16)7-11(12)17/h1-7,18H,8H2,(H,19,20). The zero-order chi connectivity index (χ0) is 17.0. The number of hydrogen-bond acceptors (Lipinski definition) is 3. The molecular weight excluding hydrogens is 350 g/mol. The molecule has 0 radical (unpaired) electrons. The van der Waals surface area contributed by atoms with Gasteiger partial charge in [0.15, 0.2) is 0 Å². The molecule has 2 N–H and O–H groups in total. The summed E-state index contributed by atoms with van der Waals surface area (Å²) in [7, 11) is -3.99. The number of carbonyl (C=O) groups is 1. The third-order valence-corrected chi connectivity index (χ3v) is 4.66. The maximum absolute atomic E-state index is 13.4. The fourth-order valence-corrected chi connectivity index (χ4v) is 3.19. The molecule has 0 aromatic heterocycles. The van der Waals surface area contributed by atoms with E-state index in [9.17, 15) is 22.0 Å². The Hall–Kier alpha value is -2.03. The molecule has 9 heteroatoms. The number of rotatable bonds is 5. The number of carbonyl (C=O) groups excluding carboxylic acids is 1. The first-order chi connectivity index (χ1) is 10.8. The van der Waals surface area contributed by atoms with Crippen LogP contribution in [-0.4, -0.2) is 20.9 Å². The Labute approximate surface area is 136 Å². The fraction of sp³-hybridized carbons (Fsp3) is 0.0714. The lowest BCUT2D eigenvalue weighted by Crippen LogP contribution is -2.33. The largest absolute Gasteiger partial charge is 0.322 e. The molecule has 0 bridgehead atoms. The summed E-state index contributed by atoms with van der Waals surface area (Å²) >= 11 is 5.78. The molecule has 0 aliphatic rings. The van der Waals surface area contributed by atoms with Gasteiger partial charge < -0.3 is 5.32 Å². The van der Waals surface area contributed by atoms with E-state index in [0.29, 0.717) is 6.07 Å². The average Bonchev–Trinajstić information content (AvgIpc) is 2.48. The molecule has 122 valence electrons. The fourth-order valence-electron chi connectivity index (χ4n) is 1.69. The molecule has 0 heterocycles. The highest BCUT2D eigenvalue weighted by molar-refractivity contribution is 7.89. The van der Waals surface area contributed by atoms with E-state index in [4.69, 9.17) is 11.6 Å². The summed E-state index contributed by atoms with van der Waals surface area (Å²) in [5.41, 5.74) is -0.256. The number of sulfonamides is 1. The van der Waals surface area contributed by atoms with Gasteiger partial charge in [-0.2, -0.15) is 0 Å². The van der Waals surface area contributed by atoms with Gasteiger partial charge >= 0.3 is 0 Å². The molecule has 0 spiro atoms. The third-order valence-electron chi connectivity index (χ3n) is 2.75. The second kappa shape index (κ2) is 7.03. The molecule has 2 aromatic carbocycles. The quantitative estimate of drug-likeness (QED) is 0.860. The highest BCUT2D eigenvalue weighted by Crippen LogP contribution is 2.20. The smallest absolute Gasteiger partial charge is 0.242 e. The van der Waals surface area contributed by atoms with E-state index in [-0.39, 0.29) is 15.6 Å². The monoisotopic (exact) mass is 360 g/mol. The summed E-state index contributed by atoms with van der Waals surface area (Å²) in [5, 5.41) is 2.14. The predicted octanol–water partition coefficient (Wildman–Crippen LogP) is 2.54. The minimum atomic E-state index is -3.99. The van der Waals surface area contributed by atoms with E-state index >= 15 is 0 Å². The van der Waals surface area contributed by atoms with Gasteiger partial charge in [0.2, 0.25) is 15.9 Å². The Morgan fingerprint density at radius 1 is 1.13 bits per heavy atom. The highest BCUT2D eigenvalue weighted by atomic mass is 35.5. The Morgan fingerprint density at radius 2 is 1.83 bits per heavy atom. The lowest BCUT2D eigenvalue weighted by molar-refractivity contribution is -0.115. The van der Waals surface area contributed by atoms with E-state index in [1.54, 1.807) is 6.07 Å². The Morgan fingerprint density at radius 3 is 2.48 bits per heavy atom. The summed E-state index contributed by atoms with van der Waals surface area (Å²) in [4.78, 5) is 11.5. The summed E-state index contributed by atoms with van der Waals surface area (Å²) < 4.78 is 52.2. The van der Waals surface area contributed by atoms with Crippen molar-refractivity contribution >= 4 is 33.2 Å². The average molecular weight is 361 g/mol. The number of benzene rings is 2. The molecule has 1 amide bonds. The van der Waals surface area contributed by atoms with Crippen LogP contribution in [0.4, 0.5) is 14.5 Å². The minimum absolute atomic E-state index is 0.00462. The SMILES string of the molecule is O=C(CNS(=O)(=O)c1ccccc1Cl)Nc1ccc(F)cc1F. The van der Waals surface area contributed by atoms with Crippen molar-refractivity contribution in [1.82, 2.24) is 4.72 Å². The van der Waals surface area contributed by atoms with Gasteiger partial charge in [-0.3, -0.25) is 4.79 Å². The van der Waals surface area contributed by atoms with Crippen LogP contribution in [0.1, 0.15) is 0 Å². The van der Waals surface area contributed by atoms with Gasteiger partial charge in [0, 0.05) is 6.07 Å². The lowest BCUT2D eigenvalue weighted by atomic mass is 10.3. The number of hydrogen-bond donors (Lipinski definition) is 2. The van der Waals surface area contributed by atoms with Gasteiger partial charge in [-0.25, -0.2) is 21.9 Å². The topological polar surface area (TPSA) is 75.3 Å². The molecule has 23 heavy (non-hydrogen) atoms. The maximum atomic E-state index is 13.4. The molecule has 0 saturated heterocycles. The first-order valence-electron chi connectivity index (χ1n) is 6.29. The molecule has 0 saturated carbocycles. The van der Waals surface area contributed by atoms with Crippen LogP contribution < -0.4 is 10.0 Å². The third kappa shape index (κ3) is 4.47. The number of halogens is 3. The number of nitrogens with one attached hydrogen (secondary N) is 2. The zero-order valence-corrected chi connectivity index (χ0v) is 13.1. The van der Waals surface area contributed by atoms with E-state index < -0.39 is 34.1 Å². The summed E-state index contributed by atoms with van der Waals surface area (Å²) in [5.74, 6) is -2.57. The van der Waals surface area contributed by atoms with Gasteiger partial charge in [-0.05, 0) is 24.3 Å². The summed E-state index contributed by atoms with van der Waals surface area (Å²) in [6, 6.07) is 8.31. The van der Waals surface area contributed by atoms with Gasteiger partial charge in [-0.1, -0.05) is 23.7 Å². The Bertz CT molecular complexity index is 844. The highest BCUT2D eigenvalue weighted by Gasteiger charge is 2.18. The van der Waals surface area contributed by atoms with E-state index in [1.807, 2.05) is 4.72 Å². The van der Waals surface area contributed by atoms with Crippen LogP contribution in [-0.2, 0) is 14.8 Å². The van der Waals surface area contributed by atoms with E-state index in [0.717, 1.165) is 12.1 Å². The van der Waals surface area contributed by atoms with Crippen molar-refractivity contribution in [2.45, 2.75) is 4.90 Å². The van der Waals surface area contributed by atoms with Crippen molar-refractivity contribution in [2.24, 2.45) is 0 Å². The lowest BCUT2D eigenvalue weighted by Gasteiger charge is -2.09. The molecule has 0 atom stereocenters. The van der Waals surface area contributed by atoms with Crippen molar-refractivity contribution in [2.75, 3.05) is 11.9 Å². The van der Waals surface area contributed by atoms with Gasteiger partial charge in [0.1, 0.15) is 16.5 Å². The molecule has 2 aromatic rings. The second-order valence-corrected chi connectivity index (χ2v) is 6.57. The maximum Gasteiger partial charge on any atom is 0.242 e. The molecule has 0 fully saturated rings. The van der Waals surface area contributed by atoms with Crippen LogP contribution in [0.25, 0.3) is 0 Å². The molecule has 0 aliphatic carbocycles. The number of amides is 1. The van der Waals surface area contributed by atoms with Crippen LogP contribution in [0.3, 0.4) is 0 Å². The van der Waals surface area contributed by atoms with Gasteiger partial charge in [0.05, 0.1) is 17.3 Å². The second-order valence-electron chi connectivity index (χ2n) is 4.43. The zero-order valence-electron chi connectivity index (χ0n) is 11.5. The molecule has 0 unspecified atom stereocenters. The van der Waals surface area contributed by atoms with Crippen LogP contribution in [0.5, 0.6) is 0 Å². The van der Waals surface area contributed by atoms with Crippen molar-refractivity contribution in [3.05, 3.63) is 59.1 Å². The van der Waals surface area contributed by atoms with Crippen LogP contribution in [0, 0.1) is 11.6 Å². The van der Waals surface area contributed by atoms with Crippen molar-refractivity contribution in [1.29, 1.82) is 0 Å². The molecular formula is C14H11ClF2N2O3S. The normalized spacial score (nSPS) is 11.3. The minimum Gasteiger partial charge on any atom is -0.322 e. The molecule has 5 nitrogen and oxygen atoms in total. The molecule has 2 rings (SSSR count). The van der Waals surface area contributed by atoms with Gasteiger partial charge in [0.25, 0.3) is 0 Å².